The summed E-state index contributed by atoms with van der Waals surface area (Å²) in [4.78, 5) is 26.4. The van der Waals surface area contributed by atoms with Crippen LogP contribution in [0.5, 0.6) is 0 Å². The van der Waals surface area contributed by atoms with Crippen molar-refractivity contribution in [1.82, 2.24) is 19.5 Å². The summed E-state index contributed by atoms with van der Waals surface area (Å²) in [5.41, 5.74) is 2.07. The zero-order valence-electron chi connectivity index (χ0n) is 27.4. The van der Waals surface area contributed by atoms with E-state index in [0.29, 0.717) is 29.2 Å². The molecule has 11 nitrogen and oxygen atoms in total. The fourth-order valence-electron chi connectivity index (χ4n) is 6.57. The average Bonchev–Trinajstić information content (AvgIpc) is 3.57. The molecule has 0 aliphatic carbocycles. The van der Waals surface area contributed by atoms with Gasteiger partial charge in [-0.25, -0.2) is 15.0 Å². The molecule has 0 saturated carbocycles. The van der Waals surface area contributed by atoms with Crippen molar-refractivity contribution in [1.29, 1.82) is 0 Å². The summed E-state index contributed by atoms with van der Waals surface area (Å²) in [7, 11) is -5.72. The van der Waals surface area contributed by atoms with E-state index in [1.54, 1.807) is 35.2 Å². The second-order valence-electron chi connectivity index (χ2n) is 13.0. The summed E-state index contributed by atoms with van der Waals surface area (Å²) in [6.07, 6.45) is 6.44. The zero-order chi connectivity index (χ0) is 32.5. The average molecular weight is 652 g/mol. The Morgan fingerprint density at radius 1 is 1.02 bits per heavy atom. The van der Waals surface area contributed by atoms with E-state index < -0.39 is 41.7 Å². The van der Waals surface area contributed by atoms with E-state index in [1.165, 1.54) is 6.33 Å². The van der Waals surface area contributed by atoms with Gasteiger partial charge in [0, 0.05) is 5.56 Å². The minimum absolute atomic E-state index is 0.0629. The summed E-state index contributed by atoms with van der Waals surface area (Å²) < 4.78 is 36.5. The predicted octanol–water partition coefficient (Wildman–Crippen LogP) is 5.95. The fraction of sp³-hybridized carbons (Fsp3) is 0.562. The number of terminal acetylenes is 1. The zero-order valence-corrected chi connectivity index (χ0v) is 29.4. The van der Waals surface area contributed by atoms with Gasteiger partial charge in [0.2, 0.25) is 0 Å². The number of nitrogens with one attached hydrogen (secondary N) is 1. The molecule has 1 aromatic carbocycles. The number of imidazole rings is 1. The van der Waals surface area contributed by atoms with Crippen LogP contribution >= 0.6 is 0 Å². The Kier molecular flexibility index (Phi) is 9.95. The van der Waals surface area contributed by atoms with Crippen molar-refractivity contribution in [3.05, 3.63) is 48.5 Å². The van der Waals surface area contributed by atoms with Crippen molar-refractivity contribution in [2.45, 2.75) is 102 Å². The molecule has 3 aromatic rings. The molecular formula is C32H45N5O6Si2. The number of carbonyl (C=O) groups excluding carboxylic acids is 1. The van der Waals surface area contributed by atoms with Crippen LogP contribution < -0.4 is 5.32 Å². The van der Waals surface area contributed by atoms with Gasteiger partial charge in [-0.1, -0.05) is 79.5 Å². The Bertz CT molecular complexity index is 1510. The number of amides is 1. The Morgan fingerprint density at radius 3 is 2.31 bits per heavy atom. The quantitative estimate of drug-likeness (QED) is 0.221. The summed E-state index contributed by atoms with van der Waals surface area (Å²) in [6.45, 7) is 17.8. The molecule has 1 amide bonds. The largest absolute Gasteiger partial charge is 0.414 e. The molecular weight excluding hydrogens is 607 g/mol. The van der Waals surface area contributed by atoms with Gasteiger partial charge in [0.15, 0.2) is 23.2 Å². The molecule has 5 rings (SSSR count). The van der Waals surface area contributed by atoms with Crippen LogP contribution in [0.3, 0.4) is 0 Å². The lowest BCUT2D eigenvalue weighted by molar-refractivity contribution is -0.0635. The highest BCUT2D eigenvalue weighted by atomic mass is 28.5. The number of fused-ring (bicyclic) bond motifs is 2. The number of aromatic nitrogens is 4. The summed E-state index contributed by atoms with van der Waals surface area (Å²) >= 11 is 0. The van der Waals surface area contributed by atoms with Gasteiger partial charge in [0.1, 0.15) is 31.2 Å². The monoisotopic (exact) mass is 651 g/mol. The molecule has 242 valence electrons. The minimum Gasteiger partial charge on any atom is -0.414 e. The molecule has 45 heavy (non-hydrogen) atoms. The number of benzene rings is 1. The van der Waals surface area contributed by atoms with Crippen molar-refractivity contribution in [2.24, 2.45) is 0 Å². The summed E-state index contributed by atoms with van der Waals surface area (Å²) in [6, 6.07) is 8.93. The predicted molar refractivity (Wildman–Crippen MR) is 176 cm³/mol. The lowest BCUT2D eigenvalue weighted by Gasteiger charge is -2.51. The van der Waals surface area contributed by atoms with Gasteiger partial charge < -0.3 is 27.8 Å². The maximum absolute atomic E-state index is 12.9. The minimum atomic E-state index is -2.95. The standard InChI is InChI=1S/C32H45N5O6Si2/c1-10-16-39-28-27-25(17-40-44(20(2)3,21(4)5)43-45(42-27,22(6)7)23(8)9)41-32(28)37-19-35-26-29(33-18-34-30(26)37)36-31(38)24-14-12-11-13-15-24/h1,11-15,18-23,25,27-28,32H,16-17H2,2-9H3,(H,33,34,36,38)/t25-,27-,28-,32-/m1/s1. The third-order valence-electron chi connectivity index (χ3n) is 8.88. The summed E-state index contributed by atoms with van der Waals surface area (Å²) in [5, 5.41) is 2.87. The smallest absolute Gasteiger partial charge is 0.335 e. The van der Waals surface area contributed by atoms with Crippen molar-refractivity contribution >= 4 is 40.0 Å². The highest BCUT2D eigenvalue weighted by Gasteiger charge is 2.62. The Morgan fingerprint density at radius 2 is 1.69 bits per heavy atom. The van der Waals surface area contributed by atoms with Gasteiger partial charge in [0.05, 0.1) is 12.9 Å². The van der Waals surface area contributed by atoms with Crippen LogP contribution in [0.15, 0.2) is 43.0 Å². The molecule has 13 heteroatoms. The number of anilines is 1. The van der Waals surface area contributed by atoms with Crippen LogP contribution in [-0.4, -0.2) is 74.1 Å². The topological polar surface area (TPSA) is 119 Å². The molecule has 2 aliphatic heterocycles. The van der Waals surface area contributed by atoms with Crippen LogP contribution in [0, 0.1) is 12.3 Å². The molecule has 0 radical (unpaired) electrons. The Labute approximate surface area is 267 Å². The van der Waals surface area contributed by atoms with Gasteiger partial charge in [-0.3, -0.25) is 9.36 Å². The molecule has 2 saturated heterocycles. The van der Waals surface area contributed by atoms with Gasteiger partial charge in [0.25, 0.3) is 5.91 Å². The number of hydrogen-bond acceptors (Lipinski definition) is 9. The lowest BCUT2D eigenvalue weighted by atomic mass is 10.1. The van der Waals surface area contributed by atoms with Gasteiger partial charge >= 0.3 is 17.1 Å². The molecule has 1 N–H and O–H groups in total. The molecule has 4 heterocycles. The van der Waals surface area contributed by atoms with Gasteiger partial charge in [-0.05, 0) is 34.3 Å². The van der Waals surface area contributed by atoms with E-state index in [1.807, 2.05) is 6.07 Å². The van der Waals surface area contributed by atoms with Crippen molar-refractivity contribution in [3.63, 3.8) is 0 Å². The normalized spacial score (nSPS) is 24.5. The highest BCUT2D eigenvalue weighted by molar-refractivity contribution is 6.84. The van der Waals surface area contributed by atoms with Crippen LogP contribution in [0.1, 0.15) is 72.0 Å². The van der Waals surface area contributed by atoms with E-state index in [9.17, 15) is 4.79 Å². The van der Waals surface area contributed by atoms with Gasteiger partial charge in [-0.2, -0.15) is 0 Å². The molecule has 0 unspecified atom stereocenters. The van der Waals surface area contributed by atoms with Crippen molar-refractivity contribution < 1.29 is 27.2 Å². The lowest BCUT2D eigenvalue weighted by Crippen LogP contribution is -2.66. The second-order valence-corrected chi connectivity index (χ2v) is 21.8. The number of rotatable bonds is 9. The molecule has 0 bridgehead atoms. The third-order valence-corrected chi connectivity index (χ3v) is 19.1. The number of hydrogen-bond donors (Lipinski definition) is 1. The third kappa shape index (κ3) is 6.12. The Balaban J connectivity index is 1.55. The molecule has 2 aliphatic rings. The van der Waals surface area contributed by atoms with E-state index in [0.717, 1.165) is 0 Å². The van der Waals surface area contributed by atoms with Crippen molar-refractivity contribution in [2.75, 3.05) is 18.5 Å². The SMILES string of the molecule is C#CCO[C@@H]1[C@@H]2O[Si](C(C)C)(C(C)C)O[Si](C(C)C)(C(C)C)OC[C@H]2O[C@H]1n1cnc2c(NC(=O)c3ccccc3)ncnc21. The molecule has 4 atom stereocenters. The molecule has 2 fully saturated rings. The fourth-order valence-corrected chi connectivity index (χ4v) is 17.8. The first kappa shape index (κ1) is 33.4. The molecule has 0 spiro atoms. The summed E-state index contributed by atoms with van der Waals surface area (Å²) in [5.74, 6) is 2.60. The van der Waals surface area contributed by atoms with Crippen LogP contribution in [0.2, 0.25) is 22.2 Å². The van der Waals surface area contributed by atoms with E-state index in [2.05, 4.69) is 81.6 Å². The first-order chi connectivity index (χ1) is 21.4. The van der Waals surface area contributed by atoms with E-state index in [-0.39, 0.29) is 34.7 Å². The number of carbonyl (C=O) groups is 1. The van der Waals surface area contributed by atoms with Crippen LogP contribution in [0.25, 0.3) is 11.2 Å². The second kappa shape index (κ2) is 13.4. The number of nitrogens with zero attached hydrogens (tertiary/aromatic N) is 4. The van der Waals surface area contributed by atoms with Crippen LogP contribution in [0.4, 0.5) is 5.82 Å². The van der Waals surface area contributed by atoms with Crippen molar-refractivity contribution in [3.8, 4) is 12.3 Å². The number of ether oxygens (including phenoxy) is 2. The van der Waals surface area contributed by atoms with E-state index >= 15 is 0 Å². The highest BCUT2D eigenvalue weighted by Crippen LogP contribution is 2.49. The molecule has 2 aromatic heterocycles. The van der Waals surface area contributed by atoms with E-state index in [4.69, 9.17) is 28.9 Å². The maximum atomic E-state index is 12.9. The first-order valence-electron chi connectivity index (χ1n) is 15.7. The first-order valence-corrected chi connectivity index (χ1v) is 19.7. The van der Waals surface area contributed by atoms with Crippen LogP contribution in [-0.2, 0) is 22.4 Å². The maximum Gasteiger partial charge on any atom is 0.335 e. The Hall–Kier alpha value is -2.97. The van der Waals surface area contributed by atoms with Gasteiger partial charge in [-0.15, -0.1) is 6.42 Å².